The average molecular weight is 343 g/mol. The third kappa shape index (κ3) is 3.32. The van der Waals surface area contributed by atoms with Crippen LogP contribution in [0.25, 0.3) is 11.3 Å². The summed E-state index contributed by atoms with van der Waals surface area (Å²) in [7, 11) is 0. The van der Waals surface area contributed by atoms with Gasteiger partial charge in [-0.1, -0.05) is 0 Å². The van der Waals surface area contributed by atoms with E-state index < -0.39 is 0 Å². The number of hydrogen-bond acceptors (Lipinski definition) is 5. The summed E-state index contributed by atoms with van der Waals surface area (Å²) in [5.41, 5.74) is 1.99. The summed E-state index contributed by atoms with van der Waals surface area (Å²) in [6, 6.07) is 5.68. The van der Waals surface area contributed by atoms with E-state index in [4.69, 9.17) is 9.47 Å². The minimum Gasteiger partial charge on any atom is -0.486 e. The molecule has 7 heteroatoms. The van der Waals surface area contributed by atoms with Gasteiger partial charge in [-0.25, -0.2) is 0 Å². The van der Waals surface area contributed by atoms with E-state index in [1.807, 2.05) is 18.2 Å². The number of aromatic nitrogens is 2. The molecular weight excluding hydrogens is 322 g/mol. The molecule has 1 aliphatic carbocycles. The molecule has 25 heavy (non-hydrogen) atoms. The molecule has 0 radical (unpaired) electrons. The highest BCUT2D eigenvalue weighted by Crippen LogP contribution is 2.34. The summed E-state index contributed by atoms with van der Waals surface area (Å²) in [6.45, 7) is 1.06. The molecule has 3 N–H and O–H groups in total. The smallest absolute Gasteiger partial charge is 0.255 e. The number of carbonyl (C=O) groups excluding carboxylic acids is 1. The number of aliphatic hydroxyl groups is 1. The Hall–Kier alpha value is -2.54. The molecule has 1 aromatic carbocycles. The lowest BCUT2D eigenvalue weighted by Crippen LogP contribution is -2.38. The van der Waals surface area contributed by atoms with Crippen LogP contribution in [0.4, 0.5) is 0 Å². The second-order valence-corrected chi connectivity index (χ2v) is 6.50. The van der Waals surface area contributed by atoms with E-state index in [1.54, 1.807) is 6.20 Å². The molecule has 1 saturated carbocycles. The summed E-state index contributed by atoms with van der Waals surface area (Å²) in [6.07, 6.45) is 4.35. The van der Waals surface area contributed by atoms with Crippen LogP contribution >= 0.6 is 0 Å². The first kappa shape index (κ1) is 16.0. The Labute approximate surface area is 145 Å². The molecular formula is C18H21N3O4. The number of benzene rings is 1. The van der Waals surface area contributed by atoms with Gasteiger partial charge in [-0.15, -0.1) is 0 Å². The molecule has 0 saturated heterocycles. The molecule has 2 heterocycles. The number of ether oxygens (including phenoxy) is 2. The fourth-order valence-corrected chi connectivity index (χ4v) is 3.36. The highest BCUT2D eigenvalue weighted by atomic mass is 16.6. The fourth-order valence-electron chi connectivity index (χ4n) is 3.36. The maximum atomic E-state index is 12.6. The van der Waals surface area contributed by atoms with Gasteiger partial charge in [-0.3, -0.25) is 9.89 Å². The zero-order chi connectivity index (χ0) is 17.2. The number of hydrogen-bond donors (Lipinski definition) is 3. The van der Waals surface area contributed by atoms with Crippen LogP contribution in [-0.2, 0) is 0 Å². The number of fused-ring (bicyclic) bond motifs is 1. The number of aliphatic hydroxyl groups excluding tert-OH is 1. The first-order valence-electron chi connectivity index (χ1n) is 8.63. The maximum Gasteiger partial charge on any atom is 0.255 e. The minimum atomic E-state index is -0.240. The van der Waals surface area contributed by atoms with Crippen molar-refractivity contribution in [1.82, 2.24) is 15.5 Å². The van der Waals surface area contributed by atoms with Crippen molar-refractivity contribution in [3.63, 3.8) is 0 Å². The Morgan fingerprint density at radius 2 is 1.92 bits per heavy atom. The lowest BCUT2D eigenvalue weighted by molar-refractivity contribution is 0.0868. The van der Waals surface area contributed by atoms with Crippen LogP contribution in [0.5, 0.6) is 11.5 Å². The monoisotopic (exact) mass is 343 g/mol. The van der Waals surface area contributed by atoms with Gasteiger partial charge in [-0.05, 0) is 43.9 Å². The molecule has 4 rings (SSSR count). The molecule has 0 unspecified atom stereocenters. The second kappa shape index (κ2) is 6.76. The van der Waals surface area contributed by atoms with Crippen LogP contribution < -0.4 is 14.8 Å². The minimum absolute atomic E-state index is 0.0962. The van der Waals surface area contributed by atoms with Crippen molar-refractivity contribution in [1.29, 1.82) is 0 Å². The summed E-state index contributed by atoms with van der Waals surface area (Å²) < 4.78 is 11.1. The van der Waals surface area contributed by atoms with E-state index in [0.29, 0.717) is 36.0 Å². The molecule has 2 aromatic rings. The largest absolute Gasteiger partial charge is 0.486 e. The van der Waals surface area contributed by atoms with Gasteiger partial charge in [0.2, 0.25) is 0 Å². The van der Waals surface area contributed by atoms with Crippen molar-refractivity contribution in [3.8, 4) is 22.8 Å². The number of carbonyl (C=O) groups is 1. The van der Waals surface area contributed by atoms with Crippen LogP contribution in [0, 0.1) is 0 Å². The molecule has 7 nitrogen and oxygen atoms in total. The third-order valence-electron chi connectivity index (χ3n) is 4.75. The van der Waals surface area contributed by atoms with Gasteiger partial charge in [0, 0.05) is 11.6 Å². The average Bonchev–Trinajstić information content (AvgIpc) is 3.13. The Morgan fingerprint density at radius 3 is 2.72 bits per heavy atom. The van der Waals surface area contributed by atoms with Gasteiger partial charge in [0.05, 0.1) is 23.6 Å². The highest BCUT2D eigenvalue weighted by Gasteiger charge is 2.24. The van der Waals surface area contributed by atoms with Crippen molar-refractivity contribution < 1.29 is 19.4 Å². The zero-order valence-corrected chi connectivity index (χ0v) is 13.8. The van der Waals surface area contributed by atoms with Crippen LogP contribution in [0.2, 0.25) is 0 Å². The molecule has 132 valence electrons. The van der Waals surface area contributed by atoms with Gasteiger partial charge in [-0.2, -0.15) is 5.10 Å². The first-order chi connectivity index (χ1) is 12.2. The molecule has 0 atom stereocenters. The van der Waals surface area contributed by atoms with E-state index in [9.17, 15) is 9.90 Å². The first-order valence-corrected chi connectivity index (χ1v) is 8.63. The maximum absolute atomic E-state index is 12.6. The topological polar surface area (TPSA) is 96.5 Å². The SMILES string of the molecule is O=C(NC1CCC(O)CC1)c1cn[nH]c1-c1ccc2c(c1)OCCO2. The van der Waals surface area contributed by atoms with E-state index in [1.165, 1.54) is 0 Å². The van der Waals surface area contributed by atoms with Crippen LogP contribution in [0.1, 0.15) is 36.0 Å². The summed E-state index contributed by atoms with van der Waals surface area (Å²) in [5, 5.41) is 19.6. The van der Waals surface area contributed by atoms with Gasteiger partial charge in [0.15, 0.2) is 11.5 Å². The van der Waals surface area contributed by atoms with Crippen molar-refractivity contribution in [3.05, 3.63) is 30.0 Å². The Morgan fingerprint density at radius 1 is 1.16 bits per heavy atom. The lowest BCUT2D eigenvalue weighted by Gasteiger charge is -2.26. The molecule has 1 aliphatic heterocycles. The Balaban J connectivity index is 1.53. The van der Waals surface area contributed by atoms with E-state index in [-0.39, 0.29) is 18.1 Å². The van der Waals surface area contributed by atoms with Crippen molar-refractivity contribution in [2.24, 2.45) is 0 Å². The number of aromatic amines is 1. The number of nitrogens with zero attached hydrogens (tertiary/aromatic N) is 1. The Bertz CT molecular complexity index is 765. The lowest BCUT2D eigenvalue weighted by atomic mass is 9.93. The van der Waals surface area contributed by atoms with Crippen LogP contribution in [0.3, 0.4) is 0 Å². The molecule has 0 spiro atoms. The fraction of sp³-hybridized carbons (Fsp3) is 0.444. The molecule has 0 bridgehead atoms. The van der Waals surface area contributed by atoms with E-state index >= 15 is 0 Å². The molecule has 1 fully saturated rings. The van der Waals surface area contributed by atoms with Gasteiger partial charge in [0.1, 0.15) is 13.2 Å². The predicted octanol–water partition coefficient (Wildman–Crippen LogP) is 1.88. The van der Waals surface area contributed by atoms with Crippen molar-refractivity contribution in [2.45, 2.75) is 37.8 Å². The zero-order valence-electron chi connectivity index (χ0n) is 13.8. The normalized spacial score (nSPS) is 22.4. The van der Waals surface area contributed by atoms with Gasteiger partial charge < -0.3 is 19.9 Å². The number of amides is 1. The third-order valence-corrected chi connectivity index (χ3v) is 4.75. The van der Waals surface area contributed by atoms with E-state index in [2.05, 4.69) is 15.5 Å². The van der Waals surface area contributed by atoms with Crippen LogP contribution in [-0.4, -0.2) is 46.6 Å². The molecule has 2 aliphatic rings. The number of nitrogens with one attached hydrogen (secondary N) is 2. The Kier molecular flexibility index (Phi) is 4.31. The highest BCUT2D eigenvalue weighted by molar-refractivity contribution is 6.00. The number of H-pyrrole nitrogens is 1. The molecule has 1 amide bonds. The van der Waals surface area contributed by atoms with Crippen LogP contribution in [0.15, 0.2) is 24.4 Å². The standard InChI is InChI=1S/C18H21N3O4/c22-13-4-2-12(3-5-13)20-18(23)14-10-19-21-17(14)11-1-6-15-16(9-11)25-8-7-24-15/h1,6,9-10,12-13,22H,2-5,7-8H2,(H,19,21)(H,20,23). The van der Waals surface area contributed by atoms with Crippen molar-refractivity contribution >= 4 is 5.91 Å². The summed E-state index contributed by atoms with van der Waals surface area (Å²) >= 11 is 0. The summed E-state index contributed by atoms with van der Waals surface area (Å²) in [5.74, 6) is 1.23. The van der Waals surface area contributed by atoms with Gasteiger partial charge in [0.25, 0.3) is 5.91 Å². The second-order valence-electron chi connectivity index (χ2n) is 6.50. The predicted molar refractivity (Wildman–Crippen MR) is 90.7 cm³/mol. The number of rotatable bonds is 3. The van der Waals surface area contributed by atoms with Crippen molar-refractivity contribution in [2.75, 3.05) is 13.2 Å². The van der Waals surface area contributed by atoms with Gasteiger partial charge >= 0.3 is 0 Å². The van der Waals surface area contributed by atoms with E-state index in [0.717, 1.165) is 31.2 Å². The molecule has 1 aromatic heterocycles. The quantitative estimate of drug-likeness (QED) is 0.791. The summed E-state index contributed by atoms with van der Waals surface area (Å²) in [4.78, 5) is 12.6.